The second-order valence-corrected chi connectivity index (χ2v) is 5.28. The van der Waals surface area contributed by atoms with Crippen molar-refractivity contribution in [1.82, 2.24) is 5.43 Å². The number of nitrogens with one attached hydrogen (secondary N) is 1. The number of thiophene rings is 1. The number of aromatic nitrogens is 1. The van der Waals surface area contributed by atoms with Gasteiger partial charge in [0.05, 0.1) is 11.1 Å². The highest BCUT2D eigenvalue weighted by atomic mass is 79.9. The van der Waals surface area contributed by atoms with Gasteiger partial charge in [-0.25, -0.2) is 5.43 Å². The molecule has 0 saturated carbocycles. The van der Waals surface area contributed by atoms with Crippen molar-refractivity contribution >= 4 is 39.4 Å². The van der Waals surface area contributed by atoms with Crippen LogP contribution in [-0.2, 0) is 11.3 Å². The third kappa shape index (κ3) is 5.10. The van der Waals surface area contributed by atoms with Gasteiger partial charge in [0, 0.05) is 16.6 Å². The summed E-state index contributed by atoms with van der Waals surface area (Å²) < 4.78 is 2.76. The van der Waals surface area contributed by atoms with E-state index in [1.807, 2.05) is 42.0 Å². The number of nitrogens with zero attached hydrogens (tertiary/aromatic N) is 2. The van der Waals surface area contributed by atoms with Gasteiger partial charge in [-0.1, -0.05) is 6.07 Å². The minimum absolute atomic E-state index is 0. The zero-order chi connectivity index (χ0) is 12.8. The standard InChI is InChI=1S/C12H10BrN3OS.ClH/c13-10-4-7-18-11(10)8-14-15-12(17)9-16-5-2-1-3-6-16;/h1-8H,9H2;1H/b14-8-;. The monoisotopic (exact) mass is 359 g/mol. The zero-order valence-corrected chi connectivity index (χ0v) is 13.0. The molecule has 0 saturated heterocycles. The Kier molecular flexibility index (Phi) is 6.69. The van der Waals surface area contributed by atoms with E-state index in [2.05, 4.69) is 26.5 Å². The summed E-state index contributed by atoms with van der Waals surface area (Å²) in [5, 5.41) is 5.86. The molecule has 0 spiro atoms. The summed E-state index contributed by atoms with van der Waals surface area (Å²) in [4.78, 5) is 12.5. The summed E-state index contributed by atoms with van der Waals surface area (Å²) in [6.45, 7) is 0.254. The molecular weight excluding hydrogens is 350 g/mol. The van der Waals surface area contributed by atoms with E-state index in [-0.39, 0.29) is 24.9 Å². The Labute approximate surface area is 129 Å². The zero-order valence-electron chi connectivity index (χ0n) is 9.79. The largest absolute Gasteiger partial charge is 1.00 e. The van der Waals surface area contributed by atoms with E-state index in [1.54, 1.807) is 22.1 Å². The molecule has 1 N–H and O–H groups in total. The van der Waals surface area contributed by atoms with E-state index in [9.17, 15) is 4.79 Å². The van der Waals surface area contributed by atoms with Crippen LogP contribution in [0.2, 0.25) is 0 Å². The fourth-order valence-electron chi connectivity index (χ4n) is 1.30. The molecule has 0 fully saturated rings. The van der Waals surface area contributed by atoms with Crippen LogP contribution in [0.25, 0.3) is 0 Å². The number of halogens is 2. The van der Waals surface area contributed by atoms with Gasteiger partial charge in [0.1, 0.15) is 0 Å². The number of rotatable bonds is 4. The van der Waals surface area contributed by atoms with Gasteiger partial charge >= 0.3 is 5.91 Å². The number of hydrogen-bond acceptors (Lipinski definition) is 3. The molecular formula is C12H11BrClN3OS. The van der Waals surface area contributed by atoms with Crippen molar-refractivity contribution in [2.24, 2.45) is 5.10 Å². The fraction of sp³-hybridized carbons (Fsp3) is 0.0833. The predicted octanol–water partition coefficient (Wildman–Crippen LogP) is -1.05. The third-order valence-electron chi connectivity index (χ3n) is 2.12. The van der Waals surface area contributed by atoms with Gasteiger partial charge in [-0.05, 0) is 27.4 Å². The molecule has 2 aromatic rings. The molecule has 19 heavy (non-hydrogen) atoms. The Morgan fingerprint density at radius 3 is 2.79 bits per heavy atom. The fourth-order valence-corrected chi connectivity index (χ4v) is 2.64. The van der Waals surface area contributed by atoms with Crippen molar-refractivity contribution < 1.29 is 21.8 Å². The average Bonchev–Trinajstić information content (AvgIpc) is 2.76. The molecule has 0 aliphatic heterocycles. The molecule has 0 aliphatic carbocycles. The van der Waals surface area contributed by atoms with E-state index in [0.29, 0.717) is 0 Å². The second kappa shape index (κ2) is 8.04. The van der Waals surface area contributed by atoms with Crippen molar-refractivity contribution in [2.45, 2.75) is 6.54 Å². The van der Waals surface area contributed by atoms with Crippen molar-refractivity contribution in [3.05, 3.63) is 51.4 Å². The number of hydrogen-bond donors (Lipinski definition) is 1. The predicted molar refractivity (Wildman–Crippen MR) is 74.4 cm³/mol. The van der Waals surface area contributed by atoms with Crippen molar-refractivity contribution in [1.29, 1.82) is 0 Å². The molecule has 100 valence electrons. The SMILES string of the molecule is O=C(C[n+]1ccccc1)N/N=C\c1sccc1Br.[Cl-]. The highest BCUT2D eigenvalue weighted by Crippen LogP contribution is 2.20. The first-order valence-electron chi connectivity index (χ1n) is 5.24. The van der Waals surface area contributed by atoms with Crippen LogP contribution in [0.4, 0.5) is 0 Å². The third-order valence-corrected chi connectivity index (χ3v) is 3.92. The van der Waals surface area contributed by atoms with Crippen LogP contribution in [0, 0.1) is 0 Å². The molecule has 7 heteroatoms. The lowest BCUT2D eigenvalue weighted by molar-refractivity contribution is -0.684. The van der Waals surface area contributed by atoms with Crippen molar-refractivity contribution in [3.63, 3.8) is 0 Å². The number of carbonyl (C=O) groups is 1. The Balaban J connectivity index is 0.00000180. The molecule has 0 unspecified atom stereocenters. The maximum atomic E-state index is 11.6. The van der Waals surface area contributed by atoms with Crippen LogP contribution in [-0.4, -0.2) is 12.1 Å². The average molecular weight is 361 g/mol. The van der Waals surface area contributed by atoms with E-state index >= 15 is 0 Å². The van der Waals surface area contributed by atoms with E-state index in [1.165, 1.54) is 0 Å². The van der Waals surface area contributed by atoms with Gasteiger partial charge in [0.2, 0.25) is 6.54 Å². The summed E-state index contributed by atoms with van der Waals surface area (Å²) in [7, 11) is 0. The summed E-state index contributed by atoms with van der Waals surface area (Å²) in [6.07, 6.45) is 5.29. The van der Waals surface area contributed by atoms with Crippen LogP contribution in [0.5, 0.6) is 0 Å². The quantitative estimate of drug-likeness (QED) is 0.422. The first kappa shape index (κ1) is 15.8. The second-order valence-electron chi connectivity index (χ2n) is 3.47. The summed E-state index contributed by atoms with van der Waals surface area (Å²) >= 11 is 4.94. The molecule has 1 amide bonds. The lowest BCUT2D eigenvalue weighted by atomic mass is 10.4. The van der Waals surface area contributed by atoms with Crippen molar-refractivity contribution in [2.75, 3.05) is 0 Å². The topological polar surface area (TPSA) is 45.3 Å². The molecule has 4 nitrogen and oxygen atoms in total. The Hall–Kier alpha value is -1.24. The number of carbonyl (C=O) groups excluding carboxylic acids is 1. The van der Waals surface area contributed by atoms with Gasteiger partial charge in [-0.2, -0.15) is 9.67 Å². The Morgan fingerprint density at radius 1 is 1.42 bits per heavy atom. The smallest absolute Gasteiger partial charge is 0.305 e. The van der Waals surface area contributed by atoms with Gasteiger partial charge in [-0.3, -0.25) is 4.79 Å². The van der Waals surface area contributed by atoms with Crippen LogP contribution in [0.15, 0.2) is 51.6 Å². The first-order chi connectivity index (χ1) is 8.75. The Morgan fingerprint density at radius 2 is 2.16 bits per heavy atom. The Bertz CT molecular complexity index is 559. The minimum atomic E-state index is -0.157. The molecule has 0 aromatic carbocycles. The highest BCUT2D eigenvalue weighted by molar-refractivity contribution is 9.10. The molecule has 0 radical (unpaired) electrons. The van der Waals surface area contributed by atoms with Gasteiger partial charge in [0.15, 0.2) is 12.4 Å². The normalized spacial score (nSPS) is 10.2. The van der Waals surface area contributed by atoms with Gasteiger partial charge in [-0.15, -0.1) is 11.3 Å². The van der Waals surface area contributed by atoms with Crippen LogP contribution in [0.1, 0.15) is 4.88 Å². The molecule has 0 aliphatic rings. The van der Waals surface area contributed by atoms with Crippen molar-refractivity contribution in [3.8, 4) is 0 Å². The maximum Gasteiger partial charge on any atom is 0.305 e. The molecule has 2 heterocycles. The van der Waals surface area contributed by atoms with Crippen LogP contribution < -0.4 is 22.4 Å². The first-order valence-corrected chi connectivity index (χ1v) is 6.92. The number of amides is 1. The maximum absolute atomic E-state index is 11.6. The van der Waals surface area contributed by atoms with Gasteiger partial charge < -0.3 is 12.4 Å². The van der Waals surface area contributed by atoms with E-state index < -0.39 is 0 Å². The van der Waals surface area contributed by atoms with E-state index in [0.717, 1.165) is 9.35 Å². The minimum Gasteiger partial charge on any atom is -1.00 e. The number of pyridine rings is 1. The molecule has 2 aromatic heterocycles. The van der Waals surface area contributed by atoms with Crippen LogP contribution >= 0.6 is 27.3 Å². The molecule has 0 bridgehead atoms. The molecule has 0 atom stereocenters. The lowest BCUT2D eigenvalue weighted by Crippen LogP contribution is -3.00. The highest BCUT2D eigenvalue weighted by Gasteiger charge is 2.06. The lowest BCUT2D eigenvalue weighted by Gasteiger charge is -1.95. The summed E-state index contributed by atoms with van der Waals surface area (Å²) in [5.74, 6) is -0.157. The van der Waals surface area contributed by atoms with Gasteiger partial charge in [0.25, 0.3) is 0 Å². The number of hydrazone groups is 1. The van der Waals surface area contributed by atoms with E-state index in [4.69, 9.17) is 0 Å². The van der Waals surface area contributed by atoms with Crippen LogP contribution in [0.3, 0.4) is 0 Å². The summed E-state index contributed by atoms with van der Waals surface area (Å²) in [6, 6.07) is 7.59. The molecule has 2 rings (SSSR count). The summed E-state index contributed by atoms with van der Waals surface area (Å²) in [5.41, 5.74) is 2.49.